The second kappa shape index (κ2) is 11.5. The number of carbonyl (C=O) groups is 2. The number of nitro groups is 1. The molecule has 37 heavy (non-hydrogen) atoms. The van der Waals surface area contributed by atoms with Gasteiger partial charge >= 0.3 is 0 Å². The van der Waals surface area contributed by atoms with Crippen molar-refractivity contribution >= 4 is 34.9 Å². The van der Waals surface area contributed by atoms with E-state index in [0.29, 0.717) is 5.82 Å². The van der Waals surface area contributed by atoms with Crippen molar-refractivity contribution in [3.63, 3.8) is 0 Å². The number of aromatic nitrogens is 2. The highest BCUT2D eigenvalue weighted by Crippen LogP contribution is 2.27. The third-order valence-electron chi connectivity index (χ3n) is 5.60. The molecule has 0 radical (unpaired) electrons. The van der Waals surface area contributed by atoms with Crippen molar-refractivity contribution in [1.82, 2.24) is 14.7 Å². The Morgan fingerprint density at radius 1 is 1.16 bits per heavy atom. The minimum Gasteiger partial charge on any atom is -0.383 e. The summed E-state index contributed by atoms with van der Waals surface area (Å²) in [5.74, 6) is -0.531. The van der Waals surface area contributed by atoms with Crippen molar-refractivity contribution in [3.05, 3.63) is 80.5 Å². The van der Waals surface area contributed by atoms with Crippen LogP contribution in [0.3, 0.4) is 0 Å². The number of nitro benzene ring substituents is 1. The standard InChI is InChI=1S/C26H30ClN5O5/c1-17-6-8-18(9-7-17)31-23(15-22(29-31)26(2,3)4)28-24(33)16-30(12-13-37-5)25(34)20-11-10-19(32(35)36)14-21(20)27/h6-11,14-15H,12-13,16H2,1-5H3,(H,28,33). The van der Waals surface area contributed by atoms with Gasteiger partial charge in [-0.3, -0.25) is 19.7 Å². The van der Waals surface area contributed by atoms with Gasteiger partial charge in [0.25, 0.3) is 11.6 Å². The molecular formula is C26H30ClN5O5. The number of ether oxygens (including phenoxy) is 1. The average Bonchev–Trinajstić information content (AvgIpc) is 3.25. The van der Waals surface area contributed by atoms with Crippen LogP contribution in [0.1, 0.15) is 42.4 Å². The highest BCUT2D eigenvalue weighted by Gasteiger charge is 2.25. The molecule has 11 heteroatoms. The van der Waals surface area contributed by atoms with Crippen LogP contribution in [0, 0.1) is 17.0 Å². The van der Waals surface area contributed by atoms with Gasteiger partial charge in [0.2, 0.25) is 5.91 Å². The number of hydrogen-bond acceptors (Lipinski definition) is 6. The van der Waals surface area contributed by atoms with Crippen molar-refractivity contribution < 1.29 is 19.2 Å². The molecule has 1 heterocycles. The number of methoxy groups -OCH3 is 1. The van der Waals surface area contributed by atoms with Crippen LogP contribution >= 0.6 is 11.6 Å². The zero-order chi connectivity index (χ0) is 27.3. The van der Waals surface area contributed by atoms with E-state index in [9.17, 15) is 19.7 Å². The summed E-state index contributed by atoms with van der Waals surface area (Å²) in [6.07, 6.45) is 0. The van der Waals surface area contributed by atoms with Crippen molar-refractivity contribution in [2.75, 3.05) is 32.1 Å². The van der Waals surface area contributed by atoms with Crippen LogP contribution in [0.4, 0.5) is 11.5 Å². The van der Waals surface area contributed by atoms with Gasteiger partial charge in [-0.2, -0.15) is 5.10 Å². The largest absolute Gasteiger partial charge is 0.383 e. The zero-order valence-corrected chi connectivity index (χ0v) is 22.2. The summed E-state index contributed by atoms with van der Waals surface area (Å²) in [5.41, 5.74) is 2.21. The van der Waals surface area contributed by atoms with Gasteiger partial charge in [-0.25, -0.2) is 4.68 Å². The second-order valence-corrected chi connectivity index (χ2v) is 10.0. The predicted octanol–water partition coefficient (Wildman–Crippen LogP) is 4.77. The molecule has 1 aromatic heterocycles. The number of nitrogens with one attached hydrogen (secondary N) is 1. The quantitative estimate of drug-likeness (QED) is 0.316. The van der Waals surface area contributed by atoms with E-state index >= 15 is 0 Å². The summed E-state index contributed by atoms with van der Waals surface area (Å²) in [6.45, 7) is 8.07. The SMILES string of the molecule is COCCN(CC(=O)Nc1cc(C(C)(C)C)nn1-c1ccc(C)cc1)C(=O)c1ccc([N+](=O)[O-])cc1Cl. The van der Waals surface area contributed by atoms with Crippen LogP contribution in [0.25, 0.3) is 5.69 Å². The van der Waals surface area contributed by atoms with Crippen LogP contribution in [0.2, 0.25) is 5.02 Å². The van der Waals surface area contributed by atoms with E-state index in [2.05, 4.69) is 5.32 Å². The molecule has 0 saturated carbocycles. The maximum absolute atomic E-state index is 13.2. The Hall–Kier alpha value is -3.76. The fraction of sp³-hybridized carbons (Fsp3) is 0.346. The van der Waals surface area contributed by atoms with Gasteiger partial charge in [0.05, 0.1) is 33.5 Å². The molecule has 10 nitrogen and oxygen atoms in total. The number of halogens is 1. The summed E-state index contributed by atoms with van der Waals surface area (Å²) in [4.78, 5) is 38.0. The Balaban J connectivity index is 1.87. The molecule has 196 valence electrons. The third kappa shape index (κ3) is 6.93. The monoisotopic (exact) mass is 527 g/mol. The number of amides is 2. The van der Waals surface area contributed by atoms with E-state index in [0.717, 1.165) is 23.0 Å². The summed E-state index contributed by atoms with van der Waals surface area (Å²) in [7, 11) is 1.48. The number of benzene rings is 2. The van der Waals surface area contributed by atoms with Gasteiger partial charge in [-0.15, -0.1) is 0 Å². The van der Waals surface area contributed by atoms with Crippen molar-refractivity contribution in [1.29, 1.82) is 0 Å². The first-order valence-corrected chi connectivity index (χ1v) is 12.0. The summed E-state index contributed by atoms with van der Waals surface area (Å²) < 4.78 is 6.76. The van der Waals surface area contributed by atoms with E-state index in [1.807, 2.05) is 58.0 Å². The van der Waals surface area contributed by atoms with Crippen molar-refractivity contribution in [2.45, 2.75) is 33.1 Å². The van der Waals surface area contributed by atoms with Gasteiger partial charge in [0.1, 0.15) is 12.4 Å². The molecule has 0 atom stereocenters. The first kappa shape index (κ1) is 27.8. The number of hydrogen-bond donors (Lipinski definition) is 1. The molecular weight excluding hydrogens is 498 g/mol. The molecule has 0 saturated heterocycles. The smallest absolute Gasteiger partial charge is 0.270 e. The molecule has 1 N–H and O–H groups in total. The third-order valence-corrected chi connectivity index (χ3v) is 5.92. The number of anilines is 1. The fourth-order valence-corrected chi connectivity index (χ4v) is 3.75. The molecule has 0 fully saturated rings. The average molecular weight is 528 g/mol. The Bertz CT molecular complexity index is 1300. The topological polar surface area (TPSA) is 120 Å². The minimum absolute atomic E-state index is 0.0517. The maximum Gasteiger partial charge on any atom is 0.270 e. The van der Waals surface area contributed by atoms with Gasteiger partial charge in [0, 0.05) is 37.3 Å². The molecule has 0 aliphatic heterocycles. The Labute approximate surface area is 220 Å². The molecule has 0 bridgehead atoms. The van der Waals surface area contributed by atoms with Crippen LogP contribution in [-0.4, -0.2) is 58.2 Å². The minimum atomic E-state index is -0.598. The predicted molar refractivity (Wildman–Crippen MR) is 142 cm³/mol. The number of non-ortho nitro benzene ring substituents is 1. The lowest BCUT2D eigenvalue weighted by molar-refractivity contribution is -0.384. The Morgan fingerprint density at radius 2 is 1.84 bits per heavy atom. The lowest BCUT2D eigenvalue weighted by Crippen LogP contribution is -2.40. The molecule has 0 aliphatic rings. The lowest BCUT2D eigenvalue weighted by Gasteiger charge is -2.22. The van der Waals surface area contributed by atoms with E-state index in [1.54, 1.807) is 4.68 Å². The lowest BCUT2D eigenvalue weighted by atomic mass is 9.92. The van der Waals surface area contributed by atoms with Crippen LogP contribution in [-0.2, 0) is 14.9 Å². The highest BCUT2D eigenvalue weighted by molar-refractivity contribution is 6.34. The number of carbonyl (C=O) groups excluding carboxylic acids is 2. The second-order valence-electron chi connectivity index (χ2n) is 9.60. The number of aryl methyl sites for hydroxylation is 1. The first-order chi connectivity index (χ1) is 17.4. The molecule has 2 amide bonds. The van der Waals surface area contributed by atoms with Gasteiger partial charge in [-0.1, -0.05) is 50.1 Å². The number of nitrogens with zero attached hydrogens (tertiary/aromatic N) is 4. The molecule has 0 aliphatic carbocycles. The van der Waals surface area contributed by atoms with E-state index in [-0.39, 0.29) is 41.4 Å². The van der Waals surface area contributed by atoms with Crippen molar-refractivity contribution in [3.8, 4) is 5.69 Å². The van der Waals surface area contributed by atoms with E-state index in [4.69, 9.17) is 21.4 Å². The maximum atomic E-state index is 13.2. The zero-order valence-electron chi connectivity index (χ0n) is 21.4. The molecule has 3 rings (SSSR count). The number of rotatable bonds is 9. The van der Waals surface area contributed by atoms with Gasteiger partial charge < -0.3 is 15.0 Å². The van der Waals surface area contributed by atoms with E-state index in [1.165, 1.54) is 24.1 Å². The Morgan fingerprint density at radius 3 is 2.41 bits per heavy atom. The van der Waals surface area contributed by atoms with Crippen molar-refractivity contribution in [2.24, 2.45) is 0 Å². The summed E-state index contributed by atoms with van der Waals surface area (Å²) >= 11 is 6.16. The van der Waals surface area contributed by atoms with Crippen LogP contribution in [0.5, 0.6) is 0 Å². The van der Waals surface area contributed by atoms with E-state index < -0.39 is 16.7 Å². The van der Waals surface area contributed by atoms with Crippen LogP contribution < -0.4 is 5.32 Å². The molecule has 3 aromatic rings. The summed E-state index contributed by atoms with van der Waals surface area (Å²) in [6, 6.07) is 13.1. The van der Waals surface area contributed by atoms with Gasteiger partial charge in [0.15, 0.2) is 0 Å². The molecule has 0 unspecified atom stereocenters. The Kier molecular flexibility index (Phi) is 8.67. The fourth-order valence-electron chi connectivity index (χ4n) is 3.49. The summed E-state index contributed by atoms with van der Waals surface area (Å²) in [5, 5.41) is 18.5. The first-order valence-electron chi connectivity index (χ1n) is 11.6. The van der Waals surface area contributed by atoms with Gasteiger partial charge in [-0.05, 0) is 25.1 Å². The normalized spacial score (nSPS) is 11.3. The van der Waals surface area contributed by atoms with Crippen LogP contribution in [0.15, 0.2) is 48.5 Å². The molecule has 2 aromatic carbocycles. The molecule has 0 spiro atoms. The highest BCUT2D eigenvalue weighted by atomic mass is 35.5.